The molecule has 14 nitrogen and oxygen atoms in total. The maximum absolute atomic E-state index is 13.9. The number of ether oxygens (including phenoxy) is 1. The van der Waals surface area contributed by atoms with E-state index >= 15 is 0 Å². The van der Waals surface area contributed by atoms with Crippen molar-refractivity contribution in [2.45, 2.75) is 38.4 Å². The number of hydrogen-bond donors (Lipinski definition) is 2. The zero-order valence-electron chi connectivity index (χ0n) is 28.3. The van der Waals surface area contributed by atoms with Crippen molar-refractivity contribution in [2.24, 2.45) is 0 Å². The van der Waals surface area contributed by atoms with E-state index in [0.717, 1.165) is 8.87 Å². The molecule has 0 spiro atoms. The van der Waals surface area contributed by atoms with E-state index < -0.39 is 52.4 Å². The standard InChI is InChI=1S/C37H37N7O7S/c1-43(32-18-8-10-20-38-32)52(49,50)41-25-29-24-40-36(28-15-6-3-7-16-28)44(37(29)48)26-33(46)42-30(23-27-13-4-2-5-14-27)35(47)31(45)17-12-22-51-34-19-9-11-21-39-34/h2-11,13-16,18-21,24,30,41H,12,17,22-23,25-26H2,1H3,(H,42,46). The molecular weight excluding hydrogens is 687 g/mol. The maximum atomic E-state index is 13.9. The summed E-state index contributed by atoms with van der Waals surface area (Å²) in [5.41, 5.74) is 0.517. The number of anilines is 1. The molecule has 0 aliphatic heterocycles. The predicted octanol–water partition coefficient (Wildman–Crippen LogP) is 2.90. The zero-order valence-corrected chi connectivity index (χ0v) is 29.1. The molecule has 0 saturated heterocycles. The van der Waals surface area contributed by atoms with Crippen LogP contribution in [-0.2, 0) is 44.1 Å². The van der Waals surface area contributed by atoms with Gasteiger partial charge in [0, 0.05) is 56.7 Å². The number of amides is 1. The lowest BCUT2D eigenvalue weighted by Crippen LogP contribution is -2.47. The summed E-state index contributed by atoms with van der Waals surface area (Å²) >= 11 is 0. The number of carbonyl (C=O) groups is 3. The Balaban J connectivity index is 1.34. The molecule has 0 radical (unpaired) electrons. The second-order valence-corrected chi connectivity index (χ2v) is 13.3. The first-order valence-corrected chi connectivity index (χ1v) is 17.8. The van der Waals surface area contributed by atoms with E-state index in [2.05, 4.69) is 25.0 Å². The average Bonchev–Trinajstić information content (AvgIpc) is 3.17. The molecule has 1 unspecified atom stereocenters. The van der Waals surface area contributed by atoms with Crippen molar-refractivity contribution in [3.05, 3.63) is 137 Å². The number of benzene rings is 2. The highest BCUT2D eigenvalue weighted by atomic mass is 32.2. The second-order valence-electron chi connectivity index (χ2n) is 11.6. The summed E-state index contributed by atoms with van der Waals surface area (Å²) in [7, 11) is -2.81. The number of hydrogen-bond acceptors (Lipinski definition) is 10. The smallest absolute Gasteiger partial charge is 0.302 e. The Morgan fingerprint density at radius 2 is 1.54 bits per heavy atom. The lowest BCUT2D eigenvalue weighted by Gasteiger charge is -2.20. The normalized spacial score (nSPS) is 11.7. The minimum Gasteiger partial charge on any atom is -0.478 e. The van der Waals surface area contributed by atoms with E-state index in [1.807, 2.05) is 0 Å². The molecule has 0 fully saturated rings. The van der Waals surface area contributed by atoms with Crippen molar-refractivity contribution in [3.63, 3.8) is 0 Å². The molecule has 0 aliphatic rings. The number of Topliss-reactive ketones (excluding diaryl/α,β-unsaturated/α-hetero) is 2. The minimum absolute atomic E-state index is 0.0336. The fraction of sp³-hybridized carbons (Fsp3) is 0.216. The van der Waals surface area contributed by atoms with Crippen molar-refractivity contribution >= 4 is 33.5 Å². The van der Waals surface area contributed by atoms with Gasteiger partial charge in [-0.1, -0.05) is 72.8 Å². The third-order valence-corrected chi connectivity index (χ3v) is 9.29. The van der Waals surface area contributed by atoms with Crippen molar-refractivity contribution in [1.82, 2.24) is 29.6 Å². The lowest BCUT2D eigenvalue weighted by atomic mass is 9.98. The van der Waals surface area contributed by atoms with E-state index in [4.69, 9.17) is 4.74 Å². The van der Waals surface area contributed by atoms with Gasteiger partial charge in [-0.15, -0.1) is 0 Å². The molecule has 0 aliphatic carbocycles. The Labute approximate surface area is 300 Å². The highest BCUT2D eigenvalue weighted by Crippen LogP contribution is 2.16. The SMILES string of the molecule is CN(c1ccccn1)S(=O)(=O)NCc1cnc(-c2ccccc2)n(CC(=O)NC(Cc2ccccc2)C(=O)C(=O)CCCOc2ccccn2)c1=O. The zero-order chi connectivity index (χ0) is 36.9. The fourth-order valence-electron chi connectivity index (χ4n) is 5.15. The number of nitrogens with zero attached hydrogens (tertiary/aromatic N) is 5. The van der Waals surface area contributed by atoms with Crippen molar-refractivity contribution in [1.29, 1.82) is 0 Å². The van der Waals surface area contributed by atoms with E-state index in [1.54, 1.807) is 97.2 Å². The number of aromatic nitrogens is 4. The van der Waals surface area contributed by atoms with Gasteiger partial charge in [0.05, 0.1) is 18.2 Å². The van der Waals surface area contributed by atoms with E-state index in [9.17, 15) is 27.6 Å². The van der Waals surface area contributed by atoms with Gasteiger partial charge in [-0.3, -0.25) is 23.7 Å². The van der Waals surface area contributed by atoms with Crippen LogP contribution in [0.15, 0.2) is 120 Å². The quantitative estimate of drug-likeness (QED) is 0.101. The second kappa shape index (κ2) is 17.7. The summed E-state index contributed by atoms with van der Waals surface area (Å²) in [4.78, 5) is 66.6. The summed E-state index contributed by atoms with van der Waals surface area (Å²) in [5.74, 6) is -1.49. The fourth-order valence-corrected chi connectivity index (χ4v) is 6.04. The van der Waals surface area contributed by atoms with Crippen LogP contribution in [0.3, 0.4) is 0 Å². The van der Waals surface area contributed by atoms with Gasteiger partial charge >= 0.3 is 10.2 Å². The molecular formula is C37H37N7O7S. The van der Waals surface area contributed by atoms with Crippen LogP contribution in [0.4, 0.5) is 5.82 Å². The predicted molar refractivity (Wildman–Crippen MR) is 193 cm³/mol. The van der Waals surface area contributed by atoms with Crippen molar-refractivity contribution < 1.29 is 27.5 Å². The maximum Gasteiger partial charge on any atom is 0.302 e. The first-order chi connectivity index (χ1) is 25.1. The molecule has 2 aromatic carbocycles. The van der Waals surface area contributed by atoms with Crippen LogP contribution in [0.5, 0.6) is 5.88 Å². The van der Waals surface area contributed by atoms with Gasteiger partial charge in [-0.05, 0) is 30.2 Å². The molecule has 268 valence electrons. The molecule has 15 heteroatoms. The highest BCUT2D eigenvalue weighted by Gasteiger charge is 2.28. The van der Waals surface area contributed by atoms with Gasteiger partial charge in [0.25, 0.3) is 5.56 Å². The number of nitrogens with one attached hydrogen (secondary N) is 2. The molecule has 1 atom stereocenters. The van der Waals surface area contributed by atoms with Gasteiger partial charge in [0.15, 0.2) is 0 Å². The first kappa shape index (κ1) is 37.2. The number of rotatable bonds is 18. The summed E-state index contributed by atoms with van der Waals surface area (Å²) in [6, 6.07) is 26.4. The summed E-state index contributed by atoms with van der Waals surface area (Å²) in [6.07, 6.45) is 4.46. The van der Waals surface area contributed by atoms with E-state index in [0.29, 0.717) is 17.0 Å². The number of pyridine rings is 2. The third kappa shape index (κ3) is 10.0. The Morgan fingerprint density at radius 3 is 2.21 bits per heavy atom. The van der Waals surface area contributed by atoms with Gasteiger partial charge in [0.1, 0.15) is 18.2 Å². The molecule has 0 saturated carbocycles. The monoisotopic (exact) mass is 723 g/mol. The van der Waals surface area contributed by atoms with Crippen LogP contribution < -0.4 is 24.6 Å². The van der Waals surface area contributed by atoms with Crippen LogP contribution in [0.25, 0.3) is 11.4 Å². The Hall–Kier alpha value is -6.06. The van der Waals surface area contributed by atoms with Crippen LogP contribution >= 0.6 is 0 Å². The van der Waals surface area contributed by atoms with Gasteiger partial charge in [-0.25, -0.2) is 19.3 Å². The molecule has 52 heavy (non-hydrogen) atoms. The van der Waals surface area contributed by atoms with Crippen LogP contribution in [0, 0.1) is 0 Å². The Bertz CT molecular complexity index is 2140. The number of carbonyl (C=O) groups excluding carboxylic acids is 3. The first-order valence-electron chi connectivity index (χ1n) is 16.3. The van der Waals surface area contributed by atoms with Gasteiger partial charge in [-0.2, -0.15) is 13.1 Å². The summed E-state index contributed by atoms with van der Waals surface area (Å²) in [6.45, 7) is -0.847. The van der Waals surface area contributed by atoms with Crippen molar-refractivity contribution in [2.75, 3.05) is 18.0 Å². The largest absolute Gasteiger partial charge is 0.478 e. The van der Waals surface area contributed by atoms with Gasteiger partial charge in [0.2, 0.25) is 23.4 Å². The van der Waals surface area contributed by atoms with Crippen LogP contribution in [0.1, 0.15) is 24.0 Å². The molecule has 3 aromatic heterocycles. The van der Waals surface area contributed by atoms with E-state index in [1.165, 1.54) is 25.5 Å². The van der Waals surface area contributed by atoms with E-state index in [-0.39, 0.29) is 43.1 Å². The Morgan fingerprint density at radius 1 is 0.865 bits per heavy atom. The third-order valence-electron chi connectivity index (χ3n) is 7.87. The highest BCUT2D eigenvalue weighted by molar-refractivity contribution is 7.90. The van der Waals surface area contributed by atoms with Crippen LogP contribution in [0.2, 0.25) is 0 Å². The molecule has 1 amide bonds. The molecule has 5 aromatic rings. The van der Waals surface area contributed by atoms with Crippen LogP contribution in [-0.4, -0.2) is 65.1 Å². The molecule has 3 heterocycles. The van der Waals surface area contributed by atoms with Crippen molar-refractivity contribution in [3.8, 4) is 17.3 Å². The number of ketones is 2. The summed E-state index contributed by atoms with van der Waals surface area (Å²) < 4.78 is 36.0. The molecule has 2 N–H and O–H groups in total. The Kier molecular flexibility index (Phi) is 12.7. The lowest BCUT2D eigenvalue weighted by molar-refractivity contribution is -0.139. The topological polar surface area (TPSA) is 183 Å². The summed E-state index contributed by atoms with van der Waals surface area (Å²) in [5, 5.41) is 2.66. The molecule has 0 bridgehead atoms. The van der Waals surface area contributed by atoms with Gasteiger partial charge < -0.3 is 10.1 Å². The average molecular weight is 724 g/mol. The minimum atomic E-state index is -4.13. The molecule has 5 rings (SSSR count).